The number of nitrogens with zero attached hydrogens (tertiary/aromatic N) is 1. The molecule has 1 aromatic carbocycles. The van der Waals surface area contributed by atoms with E-state index in [1.54, 1.807) is 0 Å². The van der Waals surface area contributed by atoms with Gasteiger partial charge in [-0.05, 0) is 45.0 Å². The maximum Gasteiger partial charge on any atom is 0.234 e. The molecule has 4 heteroatoms. The fourth-order valence-electron chi connectivity index (χ4n) is 1.50. The lowest BCUT2D eigenvalue weighted by Crippen LogP contribution is -2.39. The van der Waals surface area contributed by atoms with Crippen molar-refractivity contribution in [3.63, 3.8) is 0 Å². The molecule has 0 unspecified atom stereocenters. The number of hydrogen-bond acceptors (Lipinski definition) is 3. The summed E-state index contributed by atoms with van der Waals surface area (Å²) < 4.78 is 0. The van der Waals surface area contributed by atoms with Crippen LogP contribution in [0.5, 0.6) is 0 Å². The third kappa shape index (κ3) is 5.19. The van der Waals surface area contributed by atoms with Crippen LogP contribution in [0.25, 0.3) is 0 Å². The Balaban J connectivity index is 2.25. The third-order valence-corrected chi connectivity index (χ3v) is 2.99. The average molecular weight is 249 g/mol. The third-order valence-electron chi connectivity index (χ3n) is 2.99. The minimum Gasteiger partial charge on any atom is -0.399 e. The van der Waals surface area contributed by atoms with Crippen molar-refractivity contribution in [1.82, 2.24) is 10.2 Å². The highest BCUT2D eigenvalue weighted by Gasteiger charge is 2.08. The molecule has 0 fully saturated rings. The second kappa shape index (κ2) is 7.01. The number of likely N-dealkylation sites (N-methyl/N-ethyl adjacent to an activating group) is 1. The SMILES string of the molecule is CC(C)N(C)CC(=O)NCCc1ccc(N)cc1. The predicted molar refractivity (Wildman–Crippen MR) is 75.3 cm³/mol. The van der Waals surface area contributed by atoms with Gasteiger partial charge in [0.25, 0.3) is 0 Å². The summed E-state index contributed by atoms with van der Waals surface area (Å²) in [6.45, 7) is 5.25. The monoisotopic (exact) mass is 249 g/mol. The van der Waals surface area contributed by atoms with E-state index >= 15 is 0 Å². The normalized spacial score (nSPS) is 10.9. The van der Waals surface area contributed by atoms with E-state index in [9.17, 15) is 4.79 Å². The molecule has 0 spiro atoms. The Morgan fingerprint density at radius 1 is 1.33 bits per heavy atom. The van der Waals surface area contributed by atoms with E-state index in [2.05, 4.69) is 19.2 Å². The molecule has 18 heavy (non-hydrogen) atoms. The summed E-state index contributed by atoms with van der Waals surface area (Å²) >= 11 is 0. The molecule has 0 radical (unpaired) electrons. The fraction of sp³-hybridized carbons (Fsp3) is 0.500. The van der Waals surface area contributed by atoms with E-state index in [-0.39, 0.29) is 5.91 Å². The van der Waals surface area contributed by atoms with Gasteiger partial charge >= 0.3 is 0 Å². The van der Waals surface area contributed by atoms with Crippen LogP contribution in [0.3, 0.4) is 0 Å². The van der Waals surface area contributed by atoms with Crippen LogP contribution in [0.15, 0.2) is 24.3 Å². The summed E-state index contributed by atoms with van der Waals surface area (Å²) in [7, 11) is 1.95. The number of nitrogens with one attached hydrogen (secondary N) is 1. The van der Waals surface area contributed by atoms with Crippen LogP contribution in [0.1, 0.15) is 19.4 Å². The van der Waals surface area contributed by atoms with Gasteiger partial charge in [-0.25, -0.2) is 0 Å². The molecule has 0 aliphatic heterocycles. The second-order valence-electron chi connectivity index (χ2n) is 4.85. The Kier molecular flexibility index (Phi) is 5.65. The topological polar surface area (TPSA) is 58.4 Å². The van der Waals surface area contributed by atoms with Crippen molar-refractivity contribution in [3.8, 4) is 0 Å². The van der Waals surface area contributed by atoms with Crippen LogP contribution in [-0.4, -0.2) is 37.0 Å². The smallest absolute Gasteiger partial charge is 0.234 e. The van der Waals surface area contributed by atoms with E-state index in [0.717, 1.165) is 12.1 Å². The van der Waals surface area contributed by atoms with Crippen molar-refractivity contribution in [2.75, 3.05) is 25.9 Å². The van der Waals surface area contributed by atoms with Crippen molar-refractivity contribution in [3.05, 3.63) is 29.8 Å². The van der Waals surface area contributed by atoms with E-state index < -0.39 is 0 Å². The summed E-state index contributed by atoms with van der Waals surface area (Å²) in [6, 6.07) is 8.12. The molecule has 0 saturated carbocycles. The zero-order chi connectivity index (χ0) is 13.5. The van der Waals surface area contributed by atoms with E-state index in [0.29, 0.717) is 19.1 Å². The van der Waals surface area contributed by atoms with Crippen molar-refractivity contribution in [2.24, 2.45) is 0 Å². The minimum absolute atomic E-state index is 0.0710. The van der Waals surface area contributed by atoms with Gasteiger partial charge < -0.3 is 11.1 Å². The van der Waals surface area contributed by atoms with E-state index in [4.69, 9.17) is 5.73 Å². The number of carbonyl (C=O) groups excluding carboxylic acids is 1. The van der Waals surface area contributed by atoms with Crippen molar-refractivity contribution >= 4 is 11.6 Å². The van der Waals surface area contributed by atoms with Crippen LogP contribution in [-0.2, 0) is 11.2 Å². The predicted octanol–water partition coefficient (Wildman–Crippen LogP) is 1.27. The van der Waals surface area contributed by atoms with Gasteiger partial charge in [-0.15, -0.1) is 0 Å². The highest BCUT2D eigenvalue weighted by atomic mass is 16.2. The number of carbonyl (C=O) groups is 1. The summed E-state index contributed by atoms with van der Waals surface area (Å²) in [5.74, 6) is 0.0710. The number of nitrogen functional groups attached to an aromatic ring is 1. The number of amides is 1. The first-order valence-corrected chi connectivity index (χ1v) is 6.30. The number of nitrogens with two attached hydrogens (primary N) is 1. The Morgan fingerprint density at radius 3 is 2.50 bits per heavy atom. The number of anilines is 1. The molecule has 1 aromatic rings. The van der Waals surface area contributed by atoms with Crippen LogP contribution in [0.2, 0.25) is 0 Å². The van der Waals surface area contributed by atoms with Crippen LogP contribution in [0, 0.1) is 0 Å². The minimum atomic E-state index is 0.0710. The maximum absolute atomic E-state index is 11.6. The molecule has 0 bridgehead atoms. The molecular formula is C14H23N3O. The van der Waals surface area contributed by atoms with Gasteiger partial charge in [0.1, 0.15) is 0 Å². The molecular weight excluding hydrogens is 226 g/mol. The van der Waals surface area contributed by atoms with Gasteiger partial charge in [0.05, 0.1) is 6.54 Å². The van der Waals surface area contributed by atoms with Crippen molar-refractivity contribution in [1.29, 1.82) is 0 Å². The lowest BCUT2D eigenvalue weighted by atomic mass is 10.1. The summed E-state index contributed by atoms with van der Waals surface area (Å²) in [5.41, 5.74) is 7.56. The van der Waals surface area contributed by atoms with Crippen molar-refractivity contribution < 1.29 is 4.79 Å². The second-order valence-corrected chi connectivity index (χ2v) is 4.85. The lowest BCUT2D eigenvalue weighted by Gasteiger charge is -2.20. The van der Waals surface area contributed by atoms with Gasteiger partial charge in [-0.2, -0.15) is 0 Å². The molecule has 0 heterocycles. The highest BCUT2D eigenvalue weighted by Crippen LogP contribution is 2.05. The Labute approximate surface area is 109 Å². The molecule has 0 aliphatic rings. The van der Waals surface area contributed by atoms with E-state index in [1.165, 1.54) is 5.56 Å². The van der Waals surface area contributed by atoms with Crippen LogP contribution >= 0.6 is 0 Å². The Morgan fingerprint density at radius 2 is 1.94 bits per heavy atom. The molecule has 4 nitrogen and oxygen atoms in total. The highest BCUT2D eigenvalue weighted by molar-refractivity contribution is 5.78. The summed E-state index contributed by atoms with van der Waals surface area (Å²) in [4.78, 5) is 13.6. The van der Waals surface area contributed by atoms with Crippen LogP contribution in [0.4, 0.5) is 5.69 Å². The number of hydrogen-bond donors (Lipinski definition) is 2. The largest absolute Gasteiger partial charge is 0.399 e. The standard InChI is InChI=1S/C14H23N3O/c1-11(2)17(3)10-14(18)16-9-8-12-4-6-13(15)7-5-12/h4-7,11H,8-10,15H2,1-3H3,(H,16,18). The van der Waals surface area contributed by atoms with Crippen molar-refractivity contribution in [2.45, 2.75) is 26.3 Å². The molecule has 0 saturated heterocycles. The summed E-state index contributed by atoms with van der Waals surface area (Å²) in [6.07, 6.45) is 0.831. The Bertz CT molecular complexity index is 373. The van der Waals surface area contributed by atoms with Gasteiger partial charge in [0.2, 0.25) is 5.91 Å². The molecule has 3 N–H and O–H groups in total. The first-order valence-electron chi connectivity index (χ1n) is 6.30. The Hall–Kier alpha value is -1.55. The van der Waals surface area contributed by atoms with Gasteiger partial charge in [-0.3, -0.25) is 9.69 Å². The molecule has 0 atom stereocenters. The van der Waals surface area contributed by atoms with E-state index in [1.807, 2.05) is 36.2 Å². The maximum atomic E-state index is 11.6. The molecule has 0 aromatic heterocycles. The number of rotatable bonds is 6. The van der Waals surface area contributed by atoms with Gasteiger partial charge in [0.15, 0.2) is 0 Å². The van der Waals surface area contributed by atoms with Gasteiger partial charge in [0, 0.05) is 18.3 Å². The van der Waals surface area contributed by atoms with Gasteiger partial charge in [-0.1, -0.05) is 12.1 Å². The summed E-state index contributed by atoms with van der Waals surface area (Å²) in [5, 5.41) is 2.92. The molecule has 0 aliphatic carbocycles. The quantitative estimate of drug-likeness (QED) is 0.746. The average Bonchev–Trinajstić information content (AvgIpc) is 2.31. The molecule has 1 amide bonds. The zero-order valence-corrected chi connectivity index (χ0v) is 11.4. The lowest BCUT2D eigenvalue weighted by molar-refractivity contribution is -0.122. The molecule has 1 rings (SSSR count). The fourth-order valence-corrected chi connectivity index (χ4v) is 1.50. The van der Waals surface area contributed by atoms with Crippen LogP contribution < -0.4 is 11.1 Å². The molecule has 100 valence electrons. The first-order chi connectivity index (χ1) is 8.49. The first kappa shape index (κ1) is 14.5. The zero-order valence-electron chi connectivity index (χ0n) is 11.4. The number of benzene rings is 1.